The molecule has 2 aromatic carbocycles. The number of hydrogen-bond donors (Lipinski definition) is 1. The van der Waals surface area contributed by atoms with E-state index in [0.717, 1.165) is 10.6 Å². The van der Waals surface area contributed by atoms with Crippen LogP contribution >= 0.6 is 35.0 Å². The molecule has 0 atom stereocenters. The Kier molecular flexibility index (Phi) is 6.58. The van der Waals surface area contributed by atoms with Gasteiger partial charge in [-0.15, -0.1) is 11.8 Å². The summed E-state index contributed by atoms with van der Waals surface area (Å²) < 4.78 is 5.04. The van der Waals surface area contributed by atoms with Crippen LogP contribution in [0.5, 0.6) is 0 Å². The van der Waals surface area contributed by atoms with Crippen LogP contribution in [0.15, 0.2) is 47.4 Å². The molecule has 0 saturated carbocycles. The second-order valence-corrected chi connectivity index (χ2v) is 6.40. The SMILES string of the molecule is COCCSc1ccccc1C(=O)Nc1ccc(Cl)cc1Cl. The van der Waals surface area contributed by atoms with Gasteiger partial charge in [0.1, 0.15) is 0 Å². The third kappa shape index (κ3) is 4.65. The molecule has 2 rings (SSSR count). The first-order valence-electron chi connectivity index (χ1n) is 6.59. The smallest absolute Gasteiger partial charge is 0.256 e. The van der Waals surface area contributed by atoms with E-state index in [0.29, 0.717) is 27.9 Å². The zero-order valence-corrected chi connectivity index (χ0v) is 14.3. The molecule has 0 aliphatic carbocycles. The second kappa shape index (κ2) is 8.44. The summed E-state index contributed by atoms with van der Waals surface area (Å²) in [7, 11) is 1.65. The topological polar surface area (TPSA) is 38.3 Å². The lowest BCUT2D eigenvalue weighted by Gasteiger charge is -2.11. The number of ether oxygens (including phenoxy) is 1. The van der Waals surface area contributed by atoms with Gasteiger partial charge in [-0.05, 0) is 30.3 Å². The van der Waals surface area contributed by atoms with Crippen LogP contribution < -0.4 is 5.32 Å². The number of amides is 1. The molecular formula is C16H15Cl2NO2S. The van der Waals surface area contributed by atoms with Crippen molar-refractivity contribution in [3.63, 3.8) is 0 Å². The van der Waals surface area contributed by atoms with E-state index in [4.69, 9.17) is 27.9 Å². The number of halogens is 2. The average Bonchev–Trinajstić information content (AvgIpc) is 2.51. The number of anilines is 1. The molecule has 0 fully saturated rings. The van der Waals surface area contributed by atoms with Gasteiger partial charge in [-0.25, -0.2) is 0 Å². The van der Waals surface area contributed by atoms with Crippen LogP contribution in [0.1, 0.15) is 10.4 Å². The summed E-state index contributed by atoms with van der Waals surface area (Å²) in [6.45, 7) is 0.629. The maximum Gasteiger partial charge on any atom is 0.256 e. The number of thioether (sulfide) groups is 1. The Balaban J connectivity index is 2.15. The normalized spacial score (nSPS) is 10.5. The highest BCUT2D eigenvalue weighted by Gasteiger charge is 2.13. The molecule has 1 N–H and O–H groups in total. The Morgan fingerprint density at radius 3 is 2.73 bits per heavy atom. The number of rotatable bonds is 6. The van der Waals surface area contributed by atoms with Gasteiger partial charge in [0, 0.05) is 22.8 Å². The van der Waals surface area contributed by atoms with Gasteiger partial charge in [0.15, 0.2) is 0 Å². The van der Waals surface area contributed by atoms with Crippen LogP contribution in [0, 0.1) is 0 Å². The first kappa shape index (κ1) is 17.2. The van der Waals surface area contributed by atoms with Gasteiger partial charge in [-0.1, -0.05) is 35.3 Å². The van der Waals surface area contributed by atoms with Gasteiger partial charge < -0.3 is 10.1 Å². The number of hydrogen-bond acceptors (Lipinski definition) is 3. The first-order chi connectivity index (χ1) is 10.6. The molecule has 22 heavy (non-hydrogen) atoms. The lowest BCUT2D eigenvalue weighted by atomic mass is 10.2. The molecule has 0 aliphatic rings. The van der Waals surface area contributed by atoms with E-state index in [-0.39, 0.29) is 5.91 Å². The van der Waals surface area contributed by atoms with Gasteiger partial charge in [0.05, 0.1) is 22.9 Å². The quantitative estimate of drug-likeness (QED) is 0.586. The Morgan fingerprint density at radius 2 is 2.00 bits per heavy atom. The molecule has 0 radical (unpaired) electrons. The fourth-order valence-electron chi connectivity index (χ4n) is 1.80. The second-order valence-electron chi connectivity index (χ2n) is 4.42. The van der Waals surface area contributed by atoms with Crippen molar-refractivity contribution in [3.05, 3.63) is 58.1 Å². The zero-order valence-electron chi connectivity index (χ0n) is 11.9. The van der Waals surface area contributed by atoms with E-state index in [1.807, 2.05) is 18.2 Å². The molecule has 0 aliphatic heterocycles. The summed E-state index contributed by atoms with van der Waals surface area (Å²) in [5.41, 5.74) is 1.14. The summed E-state index contributed by atoms with van der Waals surface area (Å²) in [4.78, 5) is 13.4. The van der Waals surface area contributed by atoms with E-state index in [9.17, 15) is 4.79 Å². The minimum absolute atomic E-state index is 0.204. The highest BCUT2D eigenvalue weighted by atomic mass is 35.5. The number of methoxy groups -OCH3 is 1. The van der Waals surface area contributed by atoms with Crippen molar-refractivity contribution >= 4 is 46.6 Å². The van der Waals surface area contributed by atoms with Gasteiger partial charge in [0.25, 0.3) is 5.91 Å². The third-order valence-corrected chi connectivity index (χ3v) is 4.44. The van der Waals surface area contributed by atoms with Gasteiger partial charge in [0.2, 0.25) is 0 Å². The molecule has 6 heteroatoms. The molecule has 0 heterocycles. The van der Waals surface area contributed by atoms with Crippen molar-refractivity contribution < 1.29 is 9.53 Å². The molecule has 3 nitrogen and oxygen atoms in total. The molecule has 116 valence electrons. The maximum atomic E-state index is 12.5. The van der Waals surface area contributed by atoms with E-state index in [1.54, 1.807) is 43.1 Å². The van der Waals surface area contributed by atoms with Crippen LogP contribution in [0.25, 0.3) is 0 Å². The van der Waals surface area contributed by atoms with Crippen molar-refractivity contribution in [2.75, 3.05) is 24.8 Å². The summed E-state index contributed by atoms with van der Waals surface area (Å²) in [5.74, 6) is 0.576. The highest BCUT2D eigenvalue weighted by Crippen LogP contribution is 2.27. The van der Waals surface area contributed by atoms with E-state index < -0.39 is 0 Å². The molecular weight excluding hydrogens is 341 g/mol. The fraction of sp³-hybridized carbons (Fsp3) is 0.188. The fourth-order valence-corrected chi connectivity index (χ4v) is 3.21. The molecule has 0 saturated heterocycles. The van der Waals surface area contributed by atoms with Crippen molar-refractivity contribution in [3.8, 4) is 0 Å². The van der Waals surface area contributed by atoms with Crippen LogP contribution in [-0.2, 0) is 4.74 Å². The summed E-state index contributed by atoms with van der Waals surface area (Å²) >= 11 is 13.5. The van der Waals surface area contributed by atoms with Crippen molar-refractivity contribution in [1.29, 1.82) is 0 Å². The monoisotopic (exact) mass is 355 g/mol. The largest absolute Gasteiger partial charge is 0.384 e. The molecule has 0 unspecified atom stereocenters. The molecule has 0 spiro atoms. The van der Waals surface area contributed by atoms with Crippen molar-refractivity contribution in [2.24, 2.45) is 0 Å². The Bertz CT molecular complexity index is 664. The predicted molar refractivity (Wildman–Crippen MR) is 93.5 cm³/mol. The first-order valence-corrected chi connectivity index (χ1v) is 8.33. The van der Waals surface area contributed by atoms with Gasteiger partial charge >= 0.3 is 0 Å². The van der Waals surface area contributed by atoms with Crippen LogP contribution in [0.4, 0.5) is 5.69 Å². The molecule has 0 bridgehead atoms. The third-order valence-electron chi connectivity index (χ3n) is 2.86. The number of carbonyl (C=O) groups is 1. The Hall–Kier alpha value is -1.20. The zero-order chi connectivity index (χ0) is 15.9. The minimum atomic E-state index is -0.204. The molecule has 2 aromatic rings. The Morgan fingerprint density at radius 1 is 1.23 bits per heavy atom. The molecule has 1 amide bonds. The lowest BCUT2D eigenvalue weighted by Crippen LogP contribution is -2.13. The maximum absolute atomic E-state index is 12.5. The van der Waals surface area contributed by atoms with Crippen molar-refractivity contribution in [2.45, 2.75) is 4.90 Å². The standard InChI is InChI=1S/C16H15Cl2NO2S/c1-21-8-9-22-15-5-3-2-4-12(15)16(20)19-14-7-6-11(17)10-13(14)18/h2-7,10H,8-9H2,1H3,(H,19,20). The average molecular weight is 356 g/mol. The van der Waals surface area contributed by atoms with Gasteiger partial charge in [-0.3, -0.25) is 4.79 Å². The summed E-state index contributed by atoms with van der Waals surface area (Å²) in [5, 5.41) is 3.74. The van der Waals surface area contributed by atoms with E-state index in [2.05, 4.69) is 5.32 Å². The number of carbonyl (C=O) groups excluding carboxylic acids is 1. The van der Waals surface area contributed by atoms with Crippen LogP contribution in [0.2, 0.25) is 10.0 Å². The summed E-state index contributed by atoms with van der Waals surface area (Å²) in [6, 6.07) is 12.4. The lowest BCUT2D eigenvalue weighted by molar-refractivity contribution is 0.102. The summed E-state index contributed by atoms with van der Waals surface area (Å²) in [6.07, 6.45) is 0. The van der Waals surface area contributed by atoms with Crippen LogP contribution in [0.3, 0.4) is 0 Å². The van der Waals surface area contributed by atoms with Gasteiger partial charge in [-0.2, -0.15) is 0 Å². The Labute approximate surface area is 144 Å². The number of benzene rings is 2. The van der Waals surface area contributed by atoms with E-state index in [1.165, 1.54) is 0 Å². The minimum Gasteiger partial charge on any atom is -0.384 e. The number of nitrogens with one attached hydrogen (secondary N) is 1. The predicted octanol–water partition coefficient (Wildman–Crippen LogP) is 4.98. The molecule has 0 aromatic heterocycles. The van der Waals surface area contributed by atoms with Crippen molar-refractivity contribution in [1.82, 2.24) is 0 Å². The van der Waals surface area contributed by atoms with E-state index >= 15 is 0 Å². The van der Waals surface area contributed by atoms with Crippen LogP contribution in [-0.4, -0.2) is 25.4 Å². The highest BCUT2D eigenvalue weighted by molar-refractivity contribution is 7.99.